The lowest BCUT2D eigenvalue weighted by Crippen LogP contribution is -2.42. The van der Waals surface area contributed by atoms with E-state index < -0.39 is 0 Å². The molecule has 6 heteroatoms. The molecule has 2 heterocycles. The third kappa shape index (κ3) is 3.78. The smallest absolute Gasteiger partial charge is 0.310 e. The number of hydrogen-bond donors (Lipinski definition) is 1. The standard InChI is InChI=1S/C17H22N2O3.ClH/c1-2-22-17(21)14-4-3-9-19(11-14)16(20)13-5-6-15-12(10-13)7-8-18-15;/h5-6,10,14,18H,2-4,7-9,11H2,1H3;1H. The highest BCUT2D eigenvalue weighted by atomic mass is 35.5. The van der Waals surface area contributed by atoms with Gasteiger partial charge in [-0.05, 0) is 49.9 Å². The van der Waals surface area contributed by atoms with Gasteiger partial charge >= 0.3 is 5.97 Å². The van der Waals surface area contributed by atoms with E-state index in [0.29, 0.717) is 25.3 Å². The molecule has 1 amide bonds. The van der Waals surface area contributed by atoms with Gasteiger partial charge in [0.05, 0.1) is 12.5 Å². The topological polar surface area (TPSA) is 58.6 Å². The number of hydrogen-bond acceptors (Lipinski definition) is 4. The number of anilines is 1. The molecule has 5 nitrogen and oxygen atoms in total. The molecule has 1 unspecified atom stereocenters. The van der Waals surface area contributed by atoms with Crippen molar-refractivity contribution in [3.63, 3.8) is 0 Å². The third-order valence-corrected chi connectivity index (χ3v) is 4.39. The van der Waals surface area contributed by atoms with Gasteiger partial charge in [-0.15, -0.1) is 12.4 Å². The van der Waals surface area contributed by atoms with Gasteiger partial charge < -0.3 is 15.0 Å². The van der Waals surface area contributed by atoms with Gasteiger partial charge in [0.1, 0.15) is 0 Å². The Hall–Kier alpha value is -1.75. The molecular formula is C17H23ClN2O3. The minimum atomic E-state index is -0.186. The number of amides is 1. The van der Waals surface area contributed by atoms with Crippen molar-refractivity contribution in [2.45, 2.75) is 26.2 Å². The van der Waals surface area contributed by atoms with Crippen molar-refractivity contribution in [2.24, 2.45) is 5.92 Å². The molecule has 1 aromatic carbocycles. The Kier molecular flexibility index (Phi) is 5.88. The first-order chi connectivity index (χ1) is 10.7. The average molecular weight is 339 g/mol. The summed E-state index contributed by atoms with van der Waals surface area (Å²) in [6.45, 7) is 4.31. The zero-order valence-corrected chi connectivity index (χ0v) is 14.2. The number of likely N-dealkylation sites (tertiary alicyclic amines) is 1. The monoisotopic (exact) mass is 338 g/mol. The van der Waals surface area contributed by atoms with Crippen LogP contribution < -0.4 is 5.32 Å². The van der Waals surface area contributed by atoms with Crippen LogP contribution in [0.25, 0.3) is 0 Å². The molecule has 0 aromatic heterocycles. The summed E-state index contributed by atoms with van der Waals surface area (Å²) in [5, 5.41) is 3.30. The lowest BCUT2D eigenvalue weighted by molar-refractivity contribution is -0.149. The Bertz CT molecular complexity index is 591. The molecule has 126 valence electrons. The second-order valence-electron chi connectivity index (χ2n) is 5.89. The number of esters is 1. The van der Waals surface area contributed by atoms with Gasteiger partial charge in [0.15, 0.2) is 0 Å². The maximum Gasteiger partial charge on any atom is 0.310 e. The van der Waals surface area contributed by atoms with E-state index >= 15 is 0 Å². The minimum Gasteiger partial charge on any atom is -0.466 e. The fourth-order valence-corrected chi connectivity index (χ4v) is 3.23. The predicted molar refractivity (Wildman–Crippen MR) is 91.1 cm³/mol. The van der Waals surface area contributed by atoms with Crippen LogP contribution in [0.15, 0.2) is 18.2 Å². The first-order valence-electron chi connectivity index (χ1n) is 8.01. The summed E-state index contributed by atoms with van der Waals surface area (Å²) in [4.78, 5) is 26.4. The van der Waals surface area contributed by atoms with E-state index in [-0.39, 0.29) is 30.2 Å². The fraction of sp³-hybridized carbons (Fsp3) is 0.529. The molecule has 3 rings (SSSR count). The van der Waals surface area contributed by atoms with Crippen molar-refractivity contribution < 1.29 is 14.3 Å². The van der Waals surface area contributed by atoms with Crippen LogP contribution in [0.5, 0.6) is 0 Å². The SMILES string of the molecule is CCOC(=O)C1CCCN(C(=O)c2ccc3c(c2)CCN3)C1.Cl. The van der Waals surface area contributed by atoms with Crippen LogP contribution >= 0.6 is 12.4 Å². The highest BCUT2D eigenvalue weighted by molar-refractivity contribution is 5.95. The van der Waals surface area contributed by atoms with Crippen LogP contribution in [-0.2, 0) is 16.0 Å². The number of piperidine rings is 1. The fourth-order valence-electron chi connectivity index (χ4n) is 3.23. The van der Waals surface area contributed by atoms with Crippen molar-refractivity contribution in [2.75, 3.05) is 31.6 Å². The molecule has 1 aromatic rings. The predicted octanol–water partition coefficient (Wildman–Crippen LogP) is 2.49. The largest absolute Gasteiger partial charge is 0.466 e. The molecule has 1 fully saturated rings. The second kappa shape index (κ2) is 7.68. The molecule has 2 aliphatic rings. The van der Waals surface area contributed by atoms with Crippen molar-refractivity contribution in [1.29, 1.82) is 0 Å². The summed E-state index contributed by atoms with van der Waals surface area (Å²) in [6, 6.07) is 5.82. The lowest BCUT2D eigenvalue weighted by Gasteiger charge is -2.31. The van der Waals surface area contributed by atoms with E-state index in [1.807, 2.05) is 25.1 Å². The van der Waals surface area contributed by atoms with Gasteiger partial charge in [-0.3, -0.25) is 9.59 Å². The van der Waals surface area contributed by atoms with Crippen LogP contribution in [0, 0.1) is 5.92 Å². The van der Waals surface area contributed by atoms with Gasteiger partial charge in [-0.1, -0.05) is 0 Å². The molecule has 1 atom stereocenters. The highest BCUT2D eigenvalue weighted by Crippen LogP contribution is 2.25. The summed E-state index contributed by atoms with van der Waals surface area (Å²) < 4.78 is 5.09. The van der Waals surface area contributed by atoms with Crippen LogP contribution in [0.2, 0.25) is 0 Å². The molecule has 1 saturated heterocycles. The molecule has 0 radical (unpaired) electrons. The van der Waals surface area contributed by atoms with Crippen molar-refractivity contribution >= 4 is 30.0 Å². The minimum absolute atomic E-state index is 0. The summed E-state index contributed by atoms with van der Waals surface area (Å²) in [5.74, 6) is -0.351. The Morgan fingerprint density at radius 3 is 3.00 bits per heavy atom. The normalized spacial score (nSPS) is 19.3. The second-order valence-corrected chi connectivity index (χ2v) is 5.89. The molecule has 0 aliphatic carbocycles. The number of halogens is 1. The van der Waals surface area contributed by atoms with E-state index in [1.54, 1.807) is 4.90 Å². The van der Waals surface area contributed by atoms with Crippen LogP contribution in [0.3, 0.4) is 0 Å². The molecule has 0 saturated carbocycles. The number of rotatable bonds is 3. The van der Waals surface area contributed by atoms with Gasteiger partial charge in [0.2, 0.25) is 0 Å². The lowest BCUT2D eigenvalue weighted by atomic mass is 9.97. The Morgan fingerprint density at radius 1 is 1.39 bits per heavy atom. The van der Waals surface area contributed by atoms with E-state index in [2.05, 4.69) is 5.32 Å². The number of carbonyl (C=O) groups excluding carboxylic acids is 2. The third-order valence-electron chi connectivity index (χ3n) is 4.39. The zero-order chi connectivity index (χ0) is 15.5. The number of carbonyl (C=O) groups is 2. The van der Waals surface area contributed by atoms with E-state index in [1.165, 1.54) is 5.56 Å². The zero-order valence-electron chi connectivity index (χ0n) is 13.3. The molecular weight excluding hydrogens is 316 g/mol. The van der Waals surface area contributed by atoms with Gasteiger partial charge in [-0.2, -0.15) is 0 Å². The Labute approximate surface area is 142 Å². The maximum atomic E-state index is 12.7. The molecule has 23 heavy (non-hydrogen) atoms. The number of nitrogens with zero attached hydrogens (tertiary/aromatic N) is 1. The van der Waals surface area contributed by atoms with E-state index in [4.69, 9.17) is 4.74 Å². The van der Waals surface area contributed by atoms with Crippen molar-refractivity contribution in [3.05, 3.63) is 29.3 Å². The summed E-state index contributed by atoms with van der Waals surface area (Å²) >= 11 is 0. The van der Waals surface area contributed by atoms with E-state index in [9.17, 15) is 9.59 Å². The molecule has 0 bridgehead atoms. The van der Waals surface area contributed by atoms with Gasteiger partial charge in [-0.25, -0.2) is 0 Å². The number of benzene rings is 1. The summed E-state index contributed by atoms with van der Waals surface area (Å²) in [5.41, 5.74) is 3.04. The van der Waals surface area contributed by atoms with Crippen LogP contribution in [0.1, 0.15) is 35.7 Å². The Morgan fingerprint density at radius 2 is 2.22 bits per heavy atom. The average Bonchev–Trinajstić information content (AvgIpc) is 3.02. The molecule has 1 N–H and O–H groups in total. The van der Waals surface area contributed by atoms with Crippen LogP contribution in [0.4, 0.5) is 5.69 Å². The van der Waals surface area contributed by atoms with Crippen LogP contribution in [-0.4, -0.2) is 43.0 Å². The number of fused-ring (bicyclic) bond motifs is 1. The number of nitrogens with one attached hydrogen (secondary N) is 1. The van der Waals surface area contributed by atoms with Gasteiger partial charge in [0.25, 0.3) is 5.91 Å². The number of ether oxygens (including phenoxy) is 1. The Balaban J connectivity index is 0.00000192. The molecule has 0 spiro atoms. The highest BCUT2D eigenvalue weighted by Gasteiger charge is 2.30. The first kappa shape index (κ1) is 17.6. The van der Waals surface area contributed by atoms with Gasteiger partial charge in [0, 0.05) is 30.9 Å². The van der Waals surface area contributed by atoms with Crippen molar-refractivity contribution in [3.8, 4) is 0 Å². The maximum absolute atomic E-state index is 12.7. The first-order valence-corrected chi connectivity index (χ1v) is 8.01. The summed E-state index contributed by atoms with van der Waals surface area (Å²) in [6.07, 6.45) is 2.61. The quantitative estimate of drug-likeness (QED) is 0.860. The van der Waals surface area contributed by atoms with Crippen molar-refractivity contribution in [1.82, 2.24) is 4.90 Å². The summed E-state index contributed by atoms with van der Waals surface area (Å²) in [7, 11) is 0. The molecule has 2 aliphatic heterocycles. The van der Waals surface area contributed by atoms with E-state index in [0.717, 1.165) is 31.5 Å².